The average Bonchev–Trinajstić information content (AvgIpc) is 2.84. The van der Waals surface area contributed by atoms with Crippen molar-refractivity contribution in [3.05, 3.63) is 66.2 Å². The topological polar surface area (TPSA) is 0 Å². The summed E-state index contributed by atoms with van der Waals surface area (Å²) in [6, 6.07) is 22.0. The molecular weight excluding hydrogens is 378 g/mol. The number of hydrogen-bond acceptors (Lipinski definition) is 0. The first-order valence-corrected chi connectivity index (χ1v) is 6.61. The summed E-state index contributed by atoms with van der Waals surface area (Å²) in [4.78, 5) is 0. The Morgan fingerprint density at radius 1 is 0.905 bits per heavy atom. The molecular formula is C18H17Cl2Zr. The fourth-order valence-corrected chi connectivity index (χ4v) is 2.47. The van der Waals surface area contributed by atoms with Crippen molar-refractivity contribution in [2.45, 2.75) is 19.8 Å². The van der Waals surface area contributed by atoms with Crippen molar-refractivity contribution in [1.82, 2.24) is 0 Å². The Balaban J connectivity index is 0.00000133. The minimum atomic E-state index is 0. The summed E-state index contributed by atoms with van der Waals surface area (Å²) in [5.41, 5.74) is 4.06. The largest absolute Gasteiger partial charge is 3.00 e. The van der Waals surface area contributed by atoms with Crippen LogP contribution in [0.5, 0.6) is 0 Å². The zero-order valence-corrected chi connectivity index (χ0v) is 15.9. The molecule has 0 aliphatic heterocycles. The Kier molecular flexibility index (Phi) is 9.29. The normalized spacial score (nSPS) is 9.38. The molecule has 21 heavy (non-hydrogen) atoms. The van der Waals surface area contributed by atoms with Crippen LogP contribution in [0.15, 0.2) is 60.7 Å². The van der Waals surface area contributed by atoms with Crippen LogP contribution in [0.25, 0.3) is 21.9 Å². The van der Waals surface area contributed by atoms with Gasteiger partial charge in [-0.3, -0.25) is 0 Å². The quantitative estimate of drug-likeness (QED) is 0.509. The van der Waals surface area contributed by atoms with Crippen molar-refractivity contribution in [2.24, 2.45) is 0 Å². The minimum absolute atomic E-state index is 0. The summed E-state index contributed by atoms with van der Waals surface area (Å²) >= 11 is 0. The van der Waals surface area contributed by atoms with Gasteiger partial charge in [0.1, 0.15) is 0 Å². The van der Waals surface area contributed by atoms with E-state index >= 15 is 0 Å². The van der Waals surface area contributed by atoms with E-state index in [2.05, 4.69) is 67.6 Å². The van der Waals surface area contributed by atoms with E-state index < -0.39 is 0 Å². The summed E-state index contributed by atoms with van der Waals surface area (Å²) < 4.78 is 0. The van der Waals surface area contributed by atoms with Crippen molar-refractivity contribution in [1.29, 1.82) is 0 Å². The molecule has 3 aromatic carbocycles. The fourth-order valence-electron chi connectivity index (χ4n) is 2.47. The third-order valence-electron chi connectivity index (χ3n) is 3.44. The molecule has 0 aliphatic carbocycles. The second-order valence-electron chi connectivity index (χ2n) is 4.82. The van der Waals surface area contributed by atoms with Crippen LogP contribution < -0.4 is 24.8 Å². The predicted octanol–water partition coefficient (Wildman–Crippen LogP) is -0.816. The van der Waals surface area contributed by atoms with Crippen molar-refractivity contribution < 1.29 is 51.0 Å². The SMILES string of the molecule is CCCc1ccc(-c2cc3ccccc3[cH-]2)cc1.[Cl-].[Cl-].[Zr+3]. The van der Waals surface area contributed by atoms with Gasteiger partial charge in [0.05, 0.1) is 0 Å². The van der Waals surface area contributed by atoms with Gasteiger partial charge in [0.25, 0.3) is 0 Å². The number of hydrogen-bond donors (Lipinski definition) is 0. The Morgan fingerprint density at radius 2 is 1.57 bits per heavy atom. The van der Waals surface area contributed by atoms with Gasteiger partial charge in [-0.05, 0) is 12.0 Å². The Labute approximate surface area is 158 Å². The number of fused-ring (bicyclic) bond motifs is 1. The van der Waals surface area contributed by atoms with Gasteiger partial charge in [0.2, 0.25) is 0 Å². The maximum absolute atomic E-state index is 2.27. The van der Waals surface area contributed by atoms with Crippen molar-refractivity contribution in [2.75, 3.05) is 0 Å². The summed E-state index contributed by atoms with van der Waals surface area (Å²) in [5.74, 6) is 0. The zero-order chi connectivity index (χ0) is 12.4. The number of halogens is 2. The first-order chi connectivity index (χ1) is 8.86. The van der Waals surface area contributed by atoms with Crippen molar-refractivity contribution in [3.63, 3.8) is 0 Å². The van der Waals surface area contributed by atoms with Crippen LogP contribution >= 0.6 is 0 Å². The molecule has 3 heteroatoms. The second-order valence-corrected chi connectivity index (χ2v) is 4.82. The number of rotatable bonds is 3. The van der Waals surface area contributed by atoms with Crippen LogP contribution in [0.2, 0.25) is 0 Å². The van der Waals surface area contributed by atoms with Crippen molar-refractivity contribution >= 4 is 10.8 Å². The maximum atomic E-state index is 2.27. The zero-order valence-electron chi connectivity index (χ0n) is 11.9. The molecule has 0 atom stereocenters. The van der Waals surface area contributed by atoms with E-state index in [1.165, 1.54) is 40.3 Å². The molecule has 0 N–H and O–H groups in total. The number of benzene rings is 2. The molecule has 3 aromatic rings. The monoisotopic (exact) mass is 393 g/mol. The van der Waals surface area contributed by atoms with E-state index in [0.29, 0.717) is 0 Å². The van der Waals surface area contributed by atoms with Gasteiger partial charge < -0.3 is 24.8 Å². The predicted molar refractivity (Wildman–Crippen MR) is 79.0 cm³/mol. The first kappa shape index (κ1) is 20.5. The molecule has 1 radical (unpaired) electrons. The molecule has 0 amide bonds. The summed E-state index contributed by atoms with van der Waals surface area (Å²) in [6.07, 6.45) is 2.38. The molecule has 0 aromatic heterocycles. The number of aryl methyl sites for hydroxylation is 1. The van der Waals surface area contributed by atoms with Crippen LogP contribution in [0.4, 0.5) is 0 Å². The molecule has 0 aliphatic rings. The van der Waals surface area contributed by atoms with Crippen LogP contribution in [0, 0.1) is 0 Å². The molecule has 0 fully saturated rings. The summed E-state index contributed by atoms with van der Waals surface area (Å²) in [5, 5.41) is 2.65. The van der Waals surface area contributed by atoms with Crippen LogP contribution in [0.1, 0.15) is 18.9 Å². The molecule has 3 rings (SSSR count). The summed E-state index contributed by atoms with van der Waals surface area (Å²) in [6.45, 7) is 2.22. The Morgan fingerprint density at radius 3 is 2.19 bits per heavy atom. The van der Waals surface area contributed by atoms with Gasteiger partial charge in [0, 0.05) is 0 Å². The molecule has 0 nitrogen and oxygen atoms in total. The van der Waals surface area contributed by atoms with E-state index in [9.17, 15) is 0 Å². The van der Waals surface area contributed by atoms with E-state index in [0.717, 1.165) is 0 Å². The van der Waals surface area contributed by atoms with Gasteiger partial charge in [-0.1, -0.05) is 61.4 Å². The molecule has 0 spiro atoms. The van der Waals surface area contributed by atoms with Gasteiger partial charge in [-0.25, -0.2) is 0 Å². The molecule has 0 bridgehead atoms. The third-order valence-corrected chi connectivity index (χ3v) is 3.44. The third kappa shape index (κ3) is 4.75. The van der Waals surface area contributed by atoms with E-state index in [1.54, 1.807) is 0 Å². The Bertz CT molecular complexity index is 623. The second kappa shape index (κ2) is 9.51. The average molecular weight is 395 g/mol. The molecule has 107 valence electrons. The molecule has 0 unspecified atom stereocenters. The maximum Gasteiger partial charge on any atom is 3.00 e. The summed E-state index contributed by atoms with van der Waals surface area (Å²) in [7, 11) is 0. The van der Waals surface area contributed by atoms with E-state index in [-0.39, 0.29) is 51.0 Å². The smallest absolute Gasteiger partial charge is 1.00 e. The van der Waals surface area contributed by atoms with Crippen molar-refractivity contribution in [3.8, 4) is 11.1 Å². The van der Waals surface area contributed by atoms with Crippen LogP contribution in [0.3, 0.4) is 0 Å². The minimum Gasteiger partial charge on any atom is -1.00 e. The van der Waals surface area contributed by atoms with Crippen LogP contribution in [-0.2, 0) is 32.6 Å². The van der Waals surface area contributed by atoms with Gasteiger partial charge in [-0.2, -0.15) is 0 Å². The molecule has 0 heterocycles. The van der Waals surface area contributed by atoms with Gasteiger partial charge in [-0.15, -0.1) is 34.5 Å². The first-order valence-electron chi connectivity index (χ1n) is 6.61. The Hall–Kier alpha value is -0.487. The van der Waals surface area contributed by atoms with Gasteiger partial charge >= 0.3 is 26.2 Å². The standard InChI is InChI=1S/C18H17.2ClH.Zr/c1-2-5-14-8-10-15(11-9-14)18-12-16-6-3-4-7-17(16)13-18;;;/h3-4,6-13H,2,5H2,1H3;2*1H;/q-1;;;+3/p-2. The van der Waals surface area contributed by atoms with Gasteiger partial charge in [0.15, 0.2) is 0 Å². The molecule has 0 saturated heterocycles. The van der Waals surface area contributed by atoms with Crippen LogP contribution in [-0.4, -0.2) is 0 Å². The van der Waals surface area contributed by atoms with E-state index in [4.69, 9.17) is 0 Å². The fraction of sp³-hybridized carbons (Fsp3) is 0.167. The van der Waals surface area contributed by atoms with E-state index in [1.807, 2.05) is 0 Å². The molecule has 0 saturated carbocycles.